The molecule has 3 nitrogen and oxygen atoms in total. The molecule has 0 rings (SSSR count). The molecule has 0 aromatic carbocycles. The van der Waals surface area contributed by atoms with E-state index in [0.29, 0.717) is 32.5 Å². The van der Waals surface area contributed by atoms with Crippen LogP contribution in [0.2, 0.25) is 0 Å². The van der Waals surface area contributed by atoms with E-state index in [1.165, 1.54) is 12.8 Å². The Morgan fingerprint density at radius 3 is 2.25 bits per heavy atom. The first-order chi connectivity index (χ1) is 7.66. The fraction of sp³-hybridized carbons (Fsp3) is 0.846. The lowest BCUT2D eigenvalue weighted by molar-refractivity contribution is -0.120. The minimum atomic E-state index is 0.130. The Bertz CT molecular complexity index is 199. The van der Waals surface area contributed by atoms with Crippen molar-refractivity contribution in [3.8, 4) is 0 Å². The van der Waals surface area contributed by atoms with E-state index in [-0.39, 0.29) is 11.6 Å². The minimum absolute atomic E-state index is 0.130. The molecule has 0 amide bonds. The summed E-state index contributed by atoms with van der Waals surface area (Å²) in [5.74, 6) is 0.407. The first-order valence-corrected chi connectivity index (χ1v) is 6.25. The van der Waals surface area contributed by atoms with E-state index in [1.807, 2.05) is 0 Å². The maximum absolute atomic E-state index is 11.4. The molecule has 0 bridgehead atoms. The third-order valence-corrected chi connectivity index (χ3v) is 2.43. The molecule has 0 aromatic rings. The topological polar surface area (TPSA) is 43.4 Å². The Kier molecular flexibility index (Phi) is 10.3. The summed E-state index contributed by atoms with van der Waals surface area (Å²) < 4.78 is 5.20. The van der Waals surface area contributed by atoms with Gasteiger partial charge in [-0.25, -0.2) is 0 Å². The van der Waals surface area contributed by atoms with Crippen molar-refractivity contribution >= 4 is 11.6 Å². The van der Waals surface area contributed by atoms with Crippen LogP contribution in [-0.4, -0.2) is 24.8 Å². The Hall–Kier alpha value is -0.700. The molecule has 0 aromatic heterocycles. The minimum Gasteiger partial charge on any atom is -0.381 e. The van der Waals surface area contributed by atoms with Gasteiger partial charge in [-0.15, -0.1) is 0 Å². The quantitative estimate of drug-likeness (QED) is 0.511. The van der Waals surface area contributed by atoms with Gasteiger partial charge in [0.05, 0.1) is 13.2 Å². The van der Waals surface area contributed by atoms with E-state index < -0.39 is 0 Å². The maximum Gasteiger partial charge on any atom is 0.135 e. The van der Waals surface area contributed by atoms with Crippen LogP contribution in [0.4, 0.5) is 0 Å². The van der Waals surface area contributed by atoms with Crippen LogP contribution < -0.4 is 0 Å². The van der Waals surface area contributed by atoms with Crippen LogP contribution in [0.15, 0.2) is 0 Å². The Morgan fingerprint density at radius 2 is 1.62 bits per heavy atom. The van der Waals surface area contributed by atoms with Gasteiger partial charge in [-0.05, 0) is 13.3 Å². The second-order valence-corrected chi connectivity index (χ2v) is 4.16. The second-order valence-electron chi connectivity index (χ2n) is 4.16. The van der Waals surface area contributed by atoms with E-state index >= 15 is 0 Å². The highest BCUT2D eigenvalue weighted by atomic mass is 16.5. The van der Waals surface area contributed by atoms with E-state index in [9.17, 15) is 9.59 Å². The Morgan fingerprint density at radius 1 is 0.938 bits per heavy atom. The van der Waals surface area contributed by atoms with Crippen molar-refractivity contribution in [2.24, 2.45) is 0 Å². The molecule has 0 fully saturated rings. The lowest BCUT2D eigenvalue weighted by atomic mass is 10.1. The largest absolute Gasteiger partial charge is 0.381 e. The summed E-state index contributed by atoms with van der Waals surface area (Å²) in [5.41, 5.74) is 0. The van der Waals surface area contributed by atoms with Crippen molar-refractivity contribution in [1.82, 2.24) is 0 Å². The number of carbonyl (C=O) groups is 2. The third kappa shape index (κ3) is 11.4. The first kappa shape index (κ1) is 15.3. The number of Topliss-reactive ketones (excluding diaryl/α,β-unsaturated/α-hetero) is 2. The van der Waals surface area contributed by atoms with Gasteiger partial charge in [0, 0.05) is 19.3 Å². The van der Waals surface area contributed by atoms with Crippen molar-refractivity contribution in [3.05, 3.63) is 0 Å². The lowest BCUT2D eigenvalue weighted by Crippen LogP contribution is -2.06. The summed E-state index contributed by atoms with van der Waals surface area (Å²) in [6, 6.07) is 0. The second kappa shape index (κ2) is 10.8. The molecule has 0 aliphatic heterocycles. The third-order valence-electron chi connectivity index (χ3n) is 2.43. The smallest absolute Gasteiger partial charge is 0.135 e. The molecule has 16 heavy (non-hydrogen) atoms. The number of hydrogen-bond acceptors (Lipinski definition) is 3. The number of carbonyl (C=O) groups excluding carboxylic acids is 2. The molecule has 94 valence electrons. The van der Waals surface area contributed by atoms with Gasteiger partial charge in [0.1, 0.15) is 11.6 Å². The summed E-state index contributed by atoms with van der Waals surface area (Å²) in [5, 5.41) is 0. The van der Waals surface area contributed by atoms with Crippen LogP contribution in [-0.2, 0) is 14.3 Å². The predicted octanol–water partition coefficient (Wildman–Crippen LogP) is 2.91. The van der Waals surface area contributed by atoms with Gasteiger partial charge < -0.3 is 4.74 Å². The molecule has 3 heteroatoms. The van der Waals surface area contributed by atoms with E-state index in [4.69, 9.17) is 4.74 Å². The predicted molar refractivity (Wildman–Crippen MR) is 64.5 cm³/mol. The molecule has 0 heterocycles. The molecule has 0 saturated heterocycles. The standard InChI is InChI=1S/C13H24O3/c1-3-4-5-6-7-13(15)9-11-16-10-8-12(2)14/h3-11H2,1-2H3. The number of ether oxygens (including phenoxy) is 1. The first-order valence-electron chi connectivity index (χ1n) is 6.25. The zero-order valence-corrected chi connectivity index (χ0v) is 10.6. The molecular weight excluding hydrogens is 204 g/mol. The van der Waals surface area contributed by atoms with Gasteiger partial charge in [0.15, 0.2) is 0 Å². The maximum atomic E-state index is 11.4. The molecule has 0 N–H and O–H groups in total. The van der Waals surface area contributed by atoms with Crippen molar-refractivity contribution in [1.29, 1.82) is 0 Å². The number of hydrogen-bond donors (Lipinski definition) is 0. The van der Waals surface area contributed by atoms with Gasteiger partial charge >= 0.3 is 0 Å². The lowest BCUT2D eigenvalue weighted by Gasteiger charge is -2.02. The van der Waals surface area contributed by atoms with Crippen molar-refractivity contribution in [2.75, 3.05) is 13.2 Å². The van der Waals surface area contributed by atoms with E-state index in [1.54, 1.807) is 6.92 Å². The number of ketones is 2. The van der Waals surface area contributed by atoms with Crippen molar-refractivity contribution in [2.45, 2.75) is 58.8 Å². The summed E-state index contributed by atoms with van der Waals surface area (Å²) in [4.78, 5) is 22.0. The summed E-state index contributed by atoms with van der Waals surface area (Å²) >= 11 is 0. The highest BCUT2D eigenvalue weighted by molar-refractivity contribution is 5.78. The zero-order valence-electron chi connectivity index (χ0n) is 10.6. The fourth-order valence-electron chi connectivity index (χ4n) is 1.38. The van der Waals surface area contributed by atoms with E-state index in [0.717, 1.165) is 12.8 Å². The monoisotopic (exact) mass is 228 g/mol. The normalized spacial score (nSPS) is 10.4. The van der Waals surface area contributed by atoms with Crippen LogP contribution in [0.25, 0.3) is 0 Å². The average Bonchev–Trinajstić information content (AvgIpc) is 2.23. The Balaban J connectivity index is 3.20. The highest BCUT2D eigenvalue weighted by Crippen LogP contribution is 2.04. The van der Waals surface area contributed by atoms with Crippen LogP contribution >= 0.6 is 0 Å². The van der Waals surface area contributed by atoms with Gasteiger partial charge in [0.2, 0.25) is 0 Å². The van der Waals surface area contributed by atoms with Gasteiger partial charge in [-0.3, -0.25) is 9.59 Å². The van der Waals surface area contributed by atoms with Crippen LogP contribution in [0.5, 0.6) is 0 Å². The molecule has 0 aliphatic carbocycles. The van der Waals surface area contributed by atoms with Gasteiger partial charge in [-0.1, -0.05) is 26.2 Å². The molecule has 0 atom stereocenters. The zero-order chi connectivity index (χ0) is 12.2. The van der Waals surface area contributed by atoms with Crippen LogP contribution in [0.3, 0.4) is 0 Å². The number of unbranched alkanes of at least 4 members (excludes halogenated alkanes) is 3. The molecule has 0 spiro atoms. The van der Waals surface area contributed by atoms with Crippen molar-refractivity contribution < 1.29 is 14.3 Å². The Labute approximate surface area is 98.6 Å². The molecule has 0 radical (unpaired) electrons. The average molecular weight is 228 g/mol. The SMILES string of the molecule is CCCCCCC(=O)CCOCCC(C)=O. The summed E-state index contributed by atoms with van der Waals surface area (Å²) in [6.07, 6.45) is 6.17. The van der Waals surface area contributed by atoms with Crippen LogP contribution in [0, 0.1) is 0 Å². The molecular formula is C13H24O3. The molecule has 0 saturated carbocycles. The van der Waals surface area contributed by atoms with E-state index in [2.05, 4.69) is 6.92 Å². The van der Waals surface area contributed by atoms with Gasteiger partial charge in [-0.2, -0.15) is 0 Å². The fourth-order valence-corrected chi connectivity index (χ4v) is 1.38. The summed E-state index contributed by atoms with van der Waals surface area (Å²) in [6.45, 7) is 4.60. The van der Waals surface area contributed by atoms with Crippen LogP contribution in [0.1, 0.15) is 58.8 Å². The highest BCUT2D eigenvalue weighted by Gasteiger charge is 2.01. The van der Waals surface area contributed by atoms with Crippen molar-refractivity contribution in [3.63, 3.8) is 0 Å². The summed E-state index contributed by atoms with van der Waals surface area (Å²) in [7, 11) is 0. The van der Waals surface area contributed by atoms with Gasteiger partial charge in [0.25, 0.3) is 0 Å². The number of rotatable bonds is 11. The molecule has 0 unspecified atom stereocenters. The molecule has 0 aliphatic rings.